The van der Waals surface area contributed by atoms with Crippen molar-refractivity contribution < 1.29 is 14.6 Å². The van der Waals surface area contributed by atoms with E-state index in [1.165, 1.54) is 5.56 Å². The highest BCUT2D eigenvalue weighted by atomic mass is 16.5. The van der Waals surface area contributed by atoms with Gasteiger partial charge >= 0.3 is 5.97 Å². The lowest BCUT2D eigenvalue weighted by Crippen LogP contribution is -2.25. The second-order valence-electron chi connectivity index (χ2n) is 4.64. The number of anilines is 1. The van der Waals surface area contributed by atoms with E-state index in [2.05, 4.69) is 5.32 Å². The van der Waals surface area contributed by atoms with Gasteiger partial charge in [-0.2, -0.15) is 0 Å². The molecule has 2 rings (SSSR count). The van der Waals surface area contributed by atoms with Gasteiger partial charge in [0.15, 0.2) is 0 Å². The van der Waals surface area contributed by atoms with Crippen LogP contribution in [0.5, 0.6) is 11.5 Å². The highest BCUT2D eigenvalue weighted by Gasteiger charge is 2.09. The maximum Gasteiger partial charge on any atom is 0.325 e. The normalized spacial score (nSPS) is 11.7. The molecule has 0 radical (unpaired) electrons. The Morgan fingerprint density at radius 2 is 1.55 bits per heavy atom. The van der Waals surface area contributed by atoms with Gasteiger partial charge in [0.05, 0.1) is 0 Å². The SMILES string of the molecule is Cc1ccc(Oc2ccc(N[C@H](C)C(=O)O)cc2)cc1. The van der Waals surface area contributed by atoms with Crippen molar-refractivity contribution in [1.29, 1.82) is 0 Å². The first-order valence-corrected chi connectivity index (χ1v) is 6.38. The molecule has 4 nitrogen and oxygen atoms in total. The van der Waals surface area contributed by atoms with E-state index >= 15 is 0 Å². The molecule has 0 bridgehead atoms. The molecule has 0 saturated carbocycles. The molecule has 0 unspecified atom stereocenters. The topological polar surface area (TPSA) is 58.6 Å². The Labute approximate surface area is 118 Å². The van der Waals surface area contributed by atoms with E-state index in [-0.39, 0.29) is 0 Å². The highest BCUT2D eigenvalue weighted by molar-refractivity contribution is 5.76. The molecule has 0 fully saturated rings. The van der Waals surface area contributed by atoms with Crippen LogP contribution >= 0.6 is 0 Å². The Morgan fingerprint density at radius 3 is 2.05 bits per heavy atom. The Hall–Kier alpha value is -2.49. The van der Waals surface area contributed by atoms with Gasteiger partial charge in [-0.05, 0) is 50.2 Å². The maximum absolute atomic E-state index is 10.8. The van der Waals surface area contributed by atoms with Gasteiger partial charge in [-0.1, -0.05) is 17.7 Å². The third kappa shape index (κ3) is 3.75. The number of aryl methyl sites for hydroxylation is 1. The molecule has 104 valence electrons. The Balaban J connectivity index is 2.01. The van der Waals surface area contributed by atoms with Gasteiger partial charge in [0.2, 0.25) is 0 Å². The number of nitrogens with one attached hydrogen (secondary N) is 1. The fourth-order valence-electron chi connectivity index (χ4n) is 1.67. The average molecular weight is 271 g/mol. The summed E-state index contributed by atoms with van der Waals surface area (Å²) >= 11 is 0. The van der Waals surface area contributed by atoms with Crippen LogP contribution in [0.3, 0.4) is 0 Å². The minimum absolute atomic E-state index is 0.626. The van der Waals surface area contributed by atoms with Gasteiger partial charge in [0.1, 0.15) is 17.5 Å². The zero-order chi connectivity index (χ0) is 14.5. The van der Waals surface area contributed by atoms with Crippen LogP contribution in [0.25, 0.3) is 0 Å². The molecule has 0 saturated heterocycles. The van der Waals surface area contributed by atoms with Crippen molar-refractivity contribution in [2.24, 2.45) is 0 Å². The minimum Gasteiger partial charge on any atom is -0.480 e. The summed E-state index contributed by atoms with van der Waals surface area (Å²) in [4.78, 5) is 10.8. The number of carbonyl (C=O) groups is 1. The van der Waals surface area contributed by atoms with Crippen molar-refractivity contribution in [3.8, 4) is 11.5 Å². The number of ether oxygens (including phenoxy) is 1. The van der Waals surface area contributed by atoms with Crippen LogP contribution in [0.2, 0.25) is 0 Å². The van der Waals surface area contributed by atoms with Gasteiger partial charge in [-0.25, -0.2) is 0 Å². The largest absolute Gasteiger partial charge is 0.480 e. The van der Waals surface area contributed by atoms with Crippen LogP contribution in [-0.4, -0.2) is 17.1 Å². The lowest BCUT2D eigenvalue weighted by Gasteiger charge is -2.11. The van der Waals surface area contributed by atoms with E-state index < -0.39 is 12.0 Å². The predicted molar refractivity (Wildman–Crippen MR) is 78.4 cm³/mol. The summed E-state index contributed by atoms with van der Waals surface area (Å²) in [7, 11) is 0. The van der Waals surface area contributed by atoms with Crippen molar-refractivity contribution in [1.82, 2.24) is 0 Å². The molecule has 0 aliphatic carbocycles. The number of benzene rings is 2. The van der Waals surface area contributed by atoms with Crippen molar-refractivity contribution in [3.05, 3.63) is 54.1 Å². The fraction of sp³-hybridized carbons (Fsp3) is 0.188. The molecule has 0 amide bonds. The van der Waals surface area contributed by atoms with Crippen LogP contribution in [0, 0.1) is 6.92 Å². The summed E-state index contributed by atoms with van der Waals surface area (Å²) in [5.41, 5.74) is 1.93. The minimum atomic E-state index is -0.884. The standard InChI is InChI=1S/C16H17NO3/c1-11-3-7-14(8-4-11)20-15-9-5-13(6-10-15)17-12(2)16(18)19/h3-10,12,17H,1-2H3,(H,18,19)/t12-/m1/s1. The molecular weight excluding hydrogens is 254 g/mol. The van der Waals surface area contributed by atoms with Crippen LogP contribution in [0.1, 0.15) is 12.5 Å². The molecule has 0 heterocycles. The molecular formula is C16H17NO3. The summed E-state index contributed by atoms with van der Waals surface area (Å²) in [6.45, 7) is 3.62. The summed E-state index contributed by atoms with van der Waals surface area (Å²) < 4.78 is 5.70. The quantitative estimate of drug-likeness (QED) is 0.871. The van der Waals surface area contributed by atoms with Crippen molar-refractivity contribution in [2.75, 3.05) is 5.32 Å². The number of carboxylic acids is 1. The lowest BCUT2D eigenvalue weighted by molar-refractivity contribution is -0.137. The summed E-state index contributed by atoms with van der Waals surface area (Å²) in [6.07, 6.45) is 0. The summed E-state index contributed by atoms with van der Waals surface area (Å²) in [6, 6.07) is 14.4. The number of rotatable bonds is 5. The van der Waals surface area contributed by atoms with Crippen LogP contribution in [-0.2, 0) is 4.79 Å². The number of hydrogen-bond acceptors (Lipinski definition) is 3. The first-order chi connectivity index (χ1) is 9.54. The smallest absolute Gasteiger partial charge is 0.325 e. The van der Waals surface area contributed by atoms with Gasteiger partial charge < -0.3 is 15.2 Å². The third-order valence-corrected chi connectivity index (χ3v) is 2.86. The molecule has 20 heavy (non-hydrogen) atoms. The van der Waals surface area contributed by atoms with Crippen molar-refractivity contribution in [3.63, 3.8) is 0 Å². The number of aliphatic carboxylic acids is 1. The monoisotopic (exact) mass is 271 g/mol. The van der Waals surface area contributed by atoms with E-state index in [4.69, 9.17) is 9.84 Å². The zero-order valence-electron chi connectivity index (χ0n) is 11.5. The molecule has 2 aromatic carbocycles. The summed E-state index contributed by atoms with van der Waals surface area (Å²) in [5, 5.41) is 11.7. The Kier molecular flexibility index (Phi) is 4.25. The van der Waals surface area contributed by atoms with Gasteiger partial charge in [0.25, 0.3) is 0 Å². The van der Waals surface area contributed by atoms with E-state index in [9.17, 15) is 4.79 Å². The van der Waals surface area contributed by atoms with E-state index in [0.717, 1.165) is 11.4 Å². The molecule has 0 aliphatic heterocycles. The van der Waals surface area contributed by atoms with Crippen molar-refractivity contribution >= 4 is 11.7 Å². The lowest BCUT2D eigenvalue weighted by atomic mass is 10.2. The average Bonchev–Trinajstić information content (AvgIpc) is 2.43. The second-order valence-corrected chi connectivity index (χ2v) is 4.64. The first-order valence-electron chi connectivity index (χ1n) is 6.38. The first kappa shape index (κ1) is 13.9. The van der Waals surface area contributed by atoms with Gasteiger partial charge in [-0.3, -0.25) is 4.79 Å². The molecule has 4 heteroatoms. The third-order valence-electron chi connectivity index (χ3n) is 2.86. The zero-order valence-corrected chi connectivity index (χ0v) is 11.5. The van der Waals surface area contributed by atoms with Crippen LogP contribution in [0.4, 0.5) is 5.69 Å². The fourth-order valence-corrected chi connectivity index (χ4v) is 1.67. The van der Waals surface area contributed by atoms with E-state index in [0.29, 0.717) is 5.75 Å². The number of hydrogen-bond donors (Lipinski definition) is 2. The maximum atomic E-state index is 10.8. The highest BCUT2D eigenvalue weighted by Crippen LogP contribution is 2.23. The molecule has 0 spiro atoms. The van der Waals surface area contributed by atoms with Crippen molar-refractivity contribution in [2.45, 2.75) is 19.9 Å². The molecule has 2 aromatic rings. The molecule has 1 atom stereocenters. The van der Waals surface area contributed by atoms with E-state index in [1.54, 1.807) is 31.2 Å². The van der Waals surface area contributed by atoms with E-state index in [1.807, 2.05) is 31.2 Å². The second kappa shape index (κ2) is 6.10. The molecule has 0 aromatic heterocycles. The predicted octanol–water partition coefficient (Wildman–Crippen LogP) is 3.67. The Bertz CT molecular complexity index is 576. The van der Waals surface area contributed by atoms with Crippen LogP contribution in [0.15, 0.2) is 48.5 Å². The van der Waals surface area contributed by atoms with Gasteiger partial charge in [-0.15, -0.1) is 0 Å². The van der Waals surface area contributed by atoms with Gasteiger partial charge in [0, 0.05) is 5.69 Å². The van der Waals surface area contributed by atoms with Crippen LogP contribution < -0.4 is 10.1 Å². The Morgan fingerprint density at radius 1 is 1.05 bits per heavy atom. The number of carboxylic acid groups (broad SMARTS) is 1. The molecule has 2 N–H and O–H groups in total. The summed E-state index contributed by atoms with van der Waals surface area (Å²) in [5.74, 6) is 0.600. The molecule has 0 aliphatic rings.